The highest BCUT2D eigenvalue weighted by molar-refractivity contribution is 5.71. The molecule has 0 fully saturated rings. The second-order valence-electron chi connectivity index (χ2n) is 9.73. The minimum Gasteiger partial charge on any atom is -0.497 e. The van der Waals surface area contributed by atoms with Crippen LogP contribution in [0.5, 0.6) is 17.2 Å². The third-order valence-electron chi connectivity index (χ3n) is 6.36. The number of ether oxygens (including phenoxy) is 6. The Morgan fingerprint density at radius 3 is 1.33 bits per heavy atom. The molecule has 12 heteroatoms. The zero-order valence-corrected chi connectivity index (χ0v) is 24.1. The first-order valence-electron chi connectivity index (χ1n) is 13.5. The summed E-state index contributed by atoms with van der Waals surface area (Å²) in [6, 6.07) is 12.8. The summed E-state index contributed by atoms with van der Waals surface area (Å²) in [5.41, 5.74) is 0.715. The van der Waals surface area contributed by atoms with Gasteiger partial charge in [0.25, 0.3) is 0 Å². The quantitative estimate of drug-likeness (QED) is 0.103. The van der Waals surface area contributed by atoms with Gasteiger partial charge < -0.3 is 59.1 Å². The Bertz CT molecular complexity index is 954. The second-order valence-corrected chi connectivity index (χ2v) is 9.73. The van der Waals surface area contributed by atoms with Crippen molar-refractivity contribution in [3.05, 3.63) is 53.6 Å². The lowest BCUT2D eigenvalue weighted by molar-refractivity contribution is -0.150. The first kappa shape index (κ1) is 35.4. The lowest BCUT2D eigenvalue weighted by Crippen LogP contribution is -2.47. The predicted octanol–water partition coefficient (Wildman–Crippen LogP) is 0.349. The fourth-order valence-corrected chi connectivity index (χ4v) is 3.65. The topological polar surface area (TPSA) is 177 Å². The molecule has 0 amide bonds. The molecule has 0 saturated carbocycles. The first-order chi connectivity index (χ1) is 20.4. The third-order valence-corrected chi connectivity index (χ3v) is 6.36. The summed E-state index contributed by atoms with van der Waals surface area (Å²) in [7, 11) is 3.18. The molecule has 0 atom stereocenters. The van der Waals surface area contributed by atoms with Crippen molar-refractivity contribution in [3.63, 3.8) is 0 Å². The fourth-order valence-electron chi connectivity index (χ4n) is 3.65. The normalized spacial score (nSPS) is 12.2. The van der Waals surface area contributed by atoms with Gasteiger partial charge in [0, 0.05) is 6.07 Å². The van der Waals surface area contributed by atoms with Crippen molar-refractivity contribution < 1.29 is 59.1 Å². The Morgan fingerprint density at radius 2 is 0.952 bits per heavy atom. The maximum absolute atomic E-state index is 9.49. The highest BCUT2D eigenvalue weighted by atomic mass is 16.5. The average molecular weight is 597 g/mol. The van der Waals surface area contributed by atoms with Crippen LogP contribution in [0.2, 0.25) is 0 Å². The van der Waals surface area contributed by atoms with Crippen LogP contribution in [0.4, 0.5) is 0 Å². The van der Waals surface area contributed by atoms with Crippen molar-refractivity contribution in [2.75, 3.05) is 80.3 Å². The Labute approximate surface area is 246 Å². The van der Waals surface area contributed by atoms with Gasteiger partial charge in [0.2, 0.25) is 0 Å². The molecule has 0 bridgehead atoms. The van der Waals surface area contributed by atoms with Crippen molar-refractivity contribution in [3.8, 4) is 17.2 Å². The van der Waals surface area contributed by atoms with E-state index >= 15 is 0 Å². The summed E-state index contributed by atoms with van der Waals surface area (Å²) in [6.45, 7) is -2.97. The highest BCUT2D eigenvalue weighted by Crippen LogP contribution is 2.26. The van der Waals surface area contributed by atoms with Crippen LogP contribution in [-0.2, 0) is 14.2 Å². The molecule has 2 rings (SSSR count). The van der Waals surface area contributed by atoms with Crippen LogP contribution in [0.15, 0.2) is 42.5 Å². The van der Waals surface area contributed by atoms with E-state index in [-0.39, 0.29) is 26.4 Å². The van der Waals surface area contributed by atoms with E-state index in [1.54, 1.807) is 32.4 Å². The zero-order valence-electron chi connectivity index (χ0n) is 24.1. The lowest BCUT2D eigenvalue weighted by atomic mass is 9.91. The summed E-state index contributed by atoms with van der Waals surface area (Å²) < 4.78 is 33.8. The molecule has 0 aliphatic rings. The van der Waals surface area contributed by atoms with Crippen LogP contribution >= 0.6 is 0 Å². The van der Waals surface area contributed by atoms with Crippen molar-refractivity contribution in [2.45, 2.75) is 18.3 Å². The molecule has 0 aromatic heterocycles. The van der Waals surface area contributed by atoms with E-state index < -0.39 is 63.4 Å². The fraction of sp³-hybridized carbons (Fsp3) is 0.533. The van der Waals surface area contributed by atoms with Gasteiger partial charge >= 0.3 is 0 Å². The number of aliphatic hydroxyl groups is 6. The Balaban J connectivity index is 2.22. The van der Waals surface area contributed by atoms with Crippen molar-refractivity contribution in [1.82, 2.24) is 0 Å². The van der Waals surface area contributed by atoms with Gasteiger partial charge in [-0.25, -0.2) is 0 Å². The molecule has 0 aliphatic heterocycles. The van der Waals surface area contributed by atoms with E-state index in [1.807, 2.05) is 36.4 Å². The molecule has 0 saturated heterocycles. The summed E-state index contributed by atoms with van der Waals surface area (Å²) in [6.07, 6.45) is 1.22. The van der Waals surface area contributed by atoms with Crippen LogP contribution in [0.25, 0.3) is 12.2 Å². The molecule has 2 aromatic rings. The van der Waals surface area contributed by atoms with Gasteiger partial charge in [-0.1, -0.05) is 24.3 Å². The predicted molar refractivity (Wildman–Crippen MR) is 155 cm³/mol. The smallest absolute Gasteiger partial charge is 0.123 e. The van der Waals surface area contributed by atoms with Gasteiger partial charge in [-0.2, -0.15) is 0 Å². The number of rotatable bonds is 22. The molecule has 0 aliphatic carbocycles. The van der Waals surface area contributed by atoms with Crippen LogP contribution in [0.1, 0.15) is 11.1 Å². The van der Waals surface area contributed by atoms with Gasteiger partial charge in [-0.05, 0) is 35.4 Å². The summed E-state index contributed by atoms with van der Waals surface area (Å²) in [4.78, 5) is 0. The molecule has 12 nitrogen and oxygen atoms in total. The largest absolute Gasteiger partial charge is 0.497 e. The minimum atomic E-state index is -1.09. The molecule has 0 unspecified atom stereocenters. The molecule has 236 valence electrons. The number of hydrogen-bond donors (Lipinski definition) is 6. The van der Waals surface area contributed by atoms with Crippen molar-refractivity contribution in [1.29, 1.82) is 0 Å². The molecule has 2 aromatic carbocycles. The van der Waals surface area contributed by atoms with Gasteiger partial charge in [0.1, 0.15) is 42.2 Å². The van der Waals surface area contributed by atoms with Crippen LogP contribution in [0.3, 0.4) is 0 Å². The second kappa shape index (κ2) is 19.4. The van der Waals surface area contributed by atoms with Gasteiger partial charge in [-0.15, -0.1) is 0 Å². The number of benzene rings is 2. The third kappa shape index (κ3) is 11.8. The molecular formula is C30H44O12. The molecule has 0 spiro atoms. The van der Waals surface area contributed by atoms with E-state index in [2.05, 4.69) is 0 Å². The van der Waals surface area contributed by atoms with E-state index in [0.717, 1.165) is 11.1 Å². The number of hydrogen-bond acceptors (Lipinski definition) is 12. The highest BCUT2D eigenvalue weighted by Gasteiger charge is 2.36. The Morgan fingerprint density at radius 1 is 0.548 bits per heavy atom. The average Bonchev–Trinajstić information content (AvgIpc) is 3.04. The molecule has 42 heavy (non-hydrogen) atoms. The minimum absolute atomic E-state index is 0.0392. The van der Waals surface area contributed by atoms with Gasteiger partial charge in [-0.3, -0.25) is 0 Å². The van der Waals surface area contributed by atoms with E-state index in [0.29, 0.717) is 17.2 Å². The summed E-state index contributed by atoms with van der Waals surface area (Å²) >= 11 is 0. The number of methoxy groups -OCH3 is 2. The SMILES string of the molecule is COc1cc(/C=C/c2ccc(OCC(COC(CO)CO)(COC(CO)CO)COC(CO)CO)cc2)cc(OC)c1. The molecule has 0 radical (unpaired) electrons. The van der Waals surface area contributed by atoms with Crippen molar-refractivity contribution >= 4 is 12.2 Å². The molecule has 0 heterocycles. The summed E-state index contributed by atoms with van der Waals surface area (Å²) in [5, 5.41) is 56.9. The Kier molecular flexibility index (Phi) is 16.4. The van der Waals surface area contributed by atoms with Gasteiger partial charge in [0.05, 0.1) is 79.1 Å². The molecule has 6 N–H and O–H groups in total. The maximum Gasteiger partial charge on any atom is 0.123 e. The van der Waals surface area contributed by atoms with E-state index in [4.69, 9.17) is 28.4 Å². The van der Waals surface area contributed by atoms with Crippen molar-refractivity contribution in [2.24, 2.45) is 5.41 Å². The molecular weight excluding hydrogens is 552 g/mol. The van der Waals surface area contributed by atoms with Crippen LogP contribution in [0, 0.1) is 5.41 Å². The monoisotopic (exact) mass is 596 g/mol. The maximum atomic E-state index is 9.49. The zero-order chi connectivity index (χ0) is 30.8. The Hall–Kier alpha value is -2.78. The van der Waals surface area contributed by atoms with Gasteiger partial charge in [0.15, 0.2) is 0 Å². The van der Waals surface area contributed by atoms with E-state index in [1.165, 1.54) is 0 Å². The summed E-state index contributed by atoms with van der Waals surface area (Å²) in [5.74, 6) is 1.87. The number of aliphatic hydroxyl groups excluding tert-OH is 6. The first-order valence-corrected chi connectivity index (χ1v) is 13.5. The van der Waals surface area contributed by atoms with Crippen LogP contribution < -0.4 is 14.2 Å². The van der Waals surface area contributed by atoms with Crippen LogP contribution in [-0.4, -0.2) is 129 Å². The standard InChI is InChI=1S/C30H44O12/c1-37-25-9-23(10-26(11-25)38-2)4-3-22-5-7-24(8-6-22)39-18-30(19-40-27(12-31)13-32,20-41-28(14-33)15-34)21-42-29(16-35)17-36/h3-11,27-29,31-36H,12-21H2,1-2H3/b4-3+. The van der Waals surface area contributed by atoms with E-state index in [9.17, 15) is 30.6 Å². The lowest BCUT2D eigenvalue weighted by Gasteiger charge is -2.35.